The molecule has 2 rings (SSSR count). The van der Waals surface area contributed by atoms with Crippen molar-refractivity contribution in [3.8, 4) is 0 Å². The maximum Gasteiger partial charge on any atom is 0.0936 e. The summed E-state index contributed by atoms with van der Waals surface area (Å²) in [5, 5.41) is 0. The molecule has 15 heavy (non-hydrogen) atoms. The zero-order valence-electron chi connectivity index (χ0n) is 9.52. The number of benzene rings is 1. The van der Waals surface area contributed by atoms with Crippen LogP contribution < -0.4 is 0 Å². The van der Waals surface area contributed by atoms with E-state index >= 15 is 0 Å². The fourth-order valence-electron chi connectivity index (χ4n) is 1.71. The van der Waals surface area contributed by atoms with E-state index in [9.17, 15) is 0 Å². The lowest BCUT2D eigenvalue weighted by atomic mass is 10.2. The zero-order chi connectivity index (χ0) is 10.7. The predicted octanol–water partition coefficient (Wildman–Crippen LogP) is 2.30. The molecular weight excluding hydrogens is 186 g/mol. The molecular formula is C13H19NO. The summed E-state index contributed by atoms with van der Waals surface area (Å²) in [4.78, 5) is 2.47. The van der Waals surface area contributed by atoms with Crippen LogP contribution in [-0.2, 0) is 11.3 Å². The van der Waals surface area contributed by atoms with Gasteiger partial charge in [-0.3, -0.25) is 4.90 Å². The maximum absolute atomic E-state index is 5.29. The van der Waals surface area contributed by atoms with Gasteiger partial charge in [0.05, 0.1) is 12.7 Å². The van der Waals surface area contributed by atoms with E-state index in [-0.39, 0.29) is 0 Å². The standard InChI is InChI=1S/C13H19NO/c1-11(2)14(9-13-10-15-13)8-12-6-4-3-5-7-12/h3-7,11,13H,8-10H2,1-2H3. The van der Waals surface area contributed by atoms with Crippen molar-refractivity contribution in [2.75, 3.05) is 13.2 Å². The minimum atomic E-state index is 0.483. The van der Waals surface area contributed by atoms with Crippen molar-refractivity contribution in [3.05, 3.63) is 35.9 Å². The van der Waals surface area contributed by atoms with Gasteiger partial charge in [-0.25, -0.2) is 0 Å². The first-order valence-electron chi connectivity index (χ1n) is 5.65. The minimum Gasteiger partial charge on any atom is -0.372 e. The van der Waals surface area contributed by atoms with Crippen molar-refractivity contribution in [1.82, 2.24) is 4.90 Å². The monoisotopic (exact) mass is 205 g/mol. The molecule has 1 aromatic rings. The third kappa shape index (κ3) is 3.33. The van der Waals surface area contributed by atoms with Crippen LogP contribution in [0.15, 0.2) is 30.3 Å². The van der Waals surface area contributed by atoms with Crippen LogP contribution in [0.4, 0.5) is 0 Å². The van der Waals surface area contributed by atoms with Gasteiger partial charge in [0.25, 0.3) is 0 Å². The van der Waals surface area contributed by atoms with E-state index in [1.165, 1.54) is 5.56 Å². The normalized spacial score (nSPS) is 19.9. The quantitative estimate of drug-likeness (QED) is 0.685. The van der Waals surface area contributed by atoms with Gasteiger partial charge in [-0.15, -0.1) is 0 Å². The van der Waals surface area contributed by atoms with Crippen LogP contribution in [-0.4, -0.2) is 30.2 Å². The van der Waals surface area contributed by atoms with Gasteiger partial charge in [-0.1, -0.05) is 30.3 Å². The lowest BCUT2D eigenvalue weighted by Gasteiger charge is -2.25. The van der Waals surface area contributed by atoms with E-state index in [0.717, 1.165) is 19.7 Å². The minimum absolute atomic E-state index is 0.483. The van der Waals surface area contributed by atoms with Crippen molar-refractivity contribution in [3.63, 3.8) is 0 Å². The lowest BCUT2D eigenvalue weighted by Crippen LogP contribution is -2.33. The van der Waals surface area contributed by atoms with Gasteiger partial charge in [0.2, 0.25) is 0 Å². The molecule has 1 fully saturated rings. The van der Waals surface area contributed by atoms with E-state index in [2.05, 4.69) is 49.1 Å². The van der Waals surface area contributed by atoms with Gasteiger partial charge in [0, 0.05) is 19.1 Å². The van der Waals surface area contributed by atoms with Gasteiger partial charge in [-0.05, 0) is 19.4 Å². The molecule has 2 nitrogen and oxygen atoms in total. The molecule has 1 aliphatic rings. The van der Waals surface area contributed by atoms with Crippen molar-refractivity contribution in [2.45, 2.75) is 32.5 Å². The van der Waals surface area contributed by atoms with E-state index in [0.29, 0.717) is 12.1 Å². The van der Waals surface area contributed by atoms with Gasteiger partial charge in [-0.2, -0.15) is 0 Å². The molecule has 0 aromatic heterocycles. The van der Waals surface area contributed by atoms with Crippen LogP contribution >= 0.6 is 0 Å². The summed E-state index contributed by atoms with van der Waals surface area (Å²) in [6.07, 6.45) is 0.483. The predicted molar refractivity (Wildman–Crippen MR) is 61.7 cm³/mol. The summed E-state index contributed by atoms with van der Waals surface area (Å²) in [5.41, 5.74) is 1.38. The molecule has 1 unspecified atom stereocenters. The van der Waals surface area contributed by atoms with Crippen LogP contribution in [0.5, 0.6) is 0 Å². The van der Waals surface area contributed by atoms with Crippen LogP contribution in [0.2, 0.25) is 0 Å². The van der Waals surface area contributed by atoms with Gasteiger partial charge in [0.15, 0.2) is 0 Å². The number of hydrogen-bond acceptors (Lipinski definition) is 2. The Morgan fingerprint density at radius 2 is 2.00 bits per heavy atom. The van der Waals surface area contributed by atoms with Gasteiger partial charge < -0.3 is 4.74 Å². The Kier molecular flexibility index (Phi) is 3.39. The Bertz CT molecular complexity index is 293. The van der Waals surface area contributed by atoms with E-state index in [4.69, 9.17) is 4.74 Å². The van der Waals surface area contributed by atoms with Crippen LogP contribution in [0, 0.1) is 0 Å². The second-order valence-electron chi connectivity index (χ2n) is 4.46. The second kappa shape index (κ2) is 4.77. The Hall–Kier alpha value is -0.860. The molecule has 0 radical (unpaired) electrons. The highest BCUT2D eigenvalue weighted by molar-refractivity contribution is 5.14. The third-order valence-corrected chi connectivity index (χ3v) is 2.80. The molecule has 0 saturated carbocycles. The van der Waals surface area contributed by atoms with Gasteiger partial charge in [0.1, 0.15) is 0 Å². The Morgan fingerprint density at radius 1 is 1.33 bits per heavy atom. The summed E-state index contributed by atoms with van der Waals surface area (Å²) in [6, 6.07) is 11.2. The first-order chi connectivity index (χ1) is 7.25. The lowest BCUT2D eigenvalue weighted by molar-refractivity contribution is 0.191. The second-order valence-corrected chi connectivity index (χ2v) is 4.46. The Morgan fingerprint density at radius 3 is 2.53 bits per heavy atom. The molecule has 1 aliphatic heterocycles. The van der Waals surface area contributed by atoms with Crippen molar-refractivity contribution in [1.29, 1.82) is 0 Å². The third-order valence-electron chi connectivity index (χ3n) is 2.80. The molecule has 1 saturated heterocycles. The summed E-state index contributed by atoms with van der Waals surface area (Å²) in [6.45, 7) is 7.51. The Balaban J connectivity index is 1.93. The molecule has 1 heterocycles. The summed E-state index contributed by atoms with van der Waals surface area (Å²) < 4.78 is 5.29. The zero-order valence-corrected chi connectivity index (χ0v) is 9.52. The van der Waals surface area contributed by atoms with E-state index in [1.807, 2.05) is 0 Å². The number of hydrogen-bond donors (Lipinski definition) is 0. The first kappa shape index (κ1) is 10.7. The highest BCUT2D eigenvalue weighted by atomic mass is 16.6. The maximum atomic E-state index is 5.29. The highest BCUT2D eigenvalue weighted by Crippen LogP contribution is 2.15. The smallest absolute Gasteiger partial charge is 0.0936 e. The first-order valence-corrected chi connectivity index (χ1v) is 5.65. The summed E-state index contributed by atoms with van der Waals surface area (Å²) >= 11 is 0. The van der Waals surface area contributed by atoms with Crippen LogP contribution in [0.1, 0.15) is 19.4 Å². The number of epoxide rings is 1. The molecule has 2 heteroatoms. The topological polar surface area (TPSA) is 15.8 Å². The fourth-order valence-corrected chi connectivity index (χ4v) is 1.71. The van der Waals surface area contributed by atoms with E-state index < -0.39 is 0 Å². The SMILES string of the molecule is CC(C)N(Cc1ccccc1)CC1CO1. The average molecular weight is 205 g/mol. The van der Waals surface area contributed by atoms with Crippen molar-refractivity contribution < 1.29 is 4.74 Å². The summed E-state index contributed by atoms with van der Waals surface area (Å²) in [7, 11) is 0. The molecule has 1 aromatic carbocycles. The van der Waals surface area contributed by atoms with Crippen molar-refractivity contribution >= 4 is 0 Å². The number of ether oxygens (including phenoxy) is 1. The van der Waals surface area contributed by atoms with Gasteiger partial charge >= 0.3 is 0 Å². The number of rotatable bonds is 5. The van der Waals surface area contributed by atoms with Crippen LogP contribution in [0.3, 0.4) is 0 Å². The summed E-state index contributed by atoms with van der Waals surface area (Å²) in [5.74, 6) is 0. The average Bonchev–Trinajstić information content (AvgIpc) is 3.02. The fraction of sp³-hybridized carbons (Fsp3) is 0.538. The molecule has 0 bridgehead atoms. The largest absolute Gasteiger partial charge is 0.372 e. The highest BCUT2D eigenvalue weighted by Gasteiger charge is 2.26. The molecule has 0 N–H and O–H groups in total. The van der Waals surface area contributed by atoms with Crippen LogP contribution in [0.25, 0.3) is 0 Å². The molecule has 1 atom stereocenters. The Labute approximate surface area is 91.9 Å². The molecule has 0 amide bonds. The van der Waals surface area contributed by atoms with E-state index in [1.54, 1.807) is 0 Å². The van der Waals surface area contributed by atoms with Crippen molar-refractivity contribution in [2.24, 2.45) is 0 Å². The molecule has 0 spiro atoms. The molecule has 82 valence electrons. The number of nitrogens with zero attached hydrogens (tertiary/aromatic N) is 1. The molecule has 0 aliphatic carbocycles.